The minimum atomic E-state index is -1.21. The van der Waals surface area contributed by atoms with Gasteiger partial charge in [0.2, 0.25) is 5.91 Å². The highest BCUT2D eigenvalue weighted by Gasteiger charge is 2.29. The van der Waals surface area contributed by atoms with E-state index in [1.54, 1.807) is 12.1 Å². The van der Waals surface area contributed by atoms with Crippen molar-refractivity contribution in [2.75, 3.05) is 13.2 Å². The third-order valence-corrected chi connectivity index (χ3v) is 5.75. The standard InChI is InChI=1S/C26H24N2O6/c29-17-11-9-16(10-12-17)13-23(25(31)32)28-24(30)14-27-26(33)34-15-22-20-7-3-1-5-18(20)19-6-2-4-8-21(19)22/h1-12,22-23,29H,13-15H2,(H,27,33)(H,28,30)(H,31,32)/t23-/m0/s1. The minimum Gasteiger partial charge on any atom is -0.508 e. The molecule has 2 amide bonds. The fraction of sp³-hybridized carbons (Fsp3) is 0.192. The summed E-state index contributed by atoms with van der Waals surface area (Å²) >= 11 is 0. The Hall–Kier alpha value is -4.33. The van der Waals surface area contributed by atoms with Crippen molar-refractivity contribution in [3.63, 3.8) is 0 Å². The van der Waals surface area contributed by atoms with Gasteiger partial charge in [0.15, 0.2) is 0 Å². The first-order valence-corrected chi connectivity index (χ1v) is 10.8. The molecule has 3 aromatic rings. The smallest absolute Gasteiger partial charge is 0.407 e. The fourth-order valence-corrected chi connectivity index (χ4v) is 4.12. The Morgan fingerprint density at radius 1 is 0.882 bits per heavy atom. The monoisotopic (exact) mass is 460 g/mol. The van der Waals surface area contributed by atoms with E-state index in [0.717, 1.165) is 22.3 Å². The molecule has 0 saturated heterocycles. The first kappa shape index (κ1) is 22.8. The van der Waals surface area contributed by atoms with Gasteiger partial charge in [0, 0.05) is 12.3 Å². The third kappa shape index (κ3) is 5.17. The number of hydrogen-bond donors (Lipinski definition) is 4. The number of phenolic OH excluding ortho intramolecular Hbond substituents is 1. The van der Waals surface area contributed by atoms with E-state index >= 15 is 0 Å². The molecular formula is C26H24N2O6. The number of carboxylic acids is 1. The van der Waals surface area contributed by atoms with Crippen molar-refractivity contribution in [1.82, 2.24) is 10.6 Å². The molecule has 0 heterocycles. The van der Waals surface area contributed by atoms with Crippen molar-refractivity contribution in [2.45, 2.75) is 18.4 Å². The number of carboxylic acid groups (broad SMARTS) is 1. The lowest BCUT2D eigenvalue weighted by Crippen LogP contribution is -2.46. The van der Waals surface area contributed by atoms with Crippen molar-refractivity contribution in [3.8, 4) is 16.9 Å². The number of carbonyl (C=O) groups excluding carboxylic acids is 2. The molecule has 0 saturated carbocycles. The number of aromatic hydroxyl groups is 1. The van der Waals surface area contributed by atoms with Crippen LogP contribution in [0.2, 0.25) is 0 Å². The summed E-state index contributed by atoms with van der Waals surface area (Å²) in [5.41, 5.74) is 5.01. The number of aliphatic carboxylic acids is 1. The number of ether oxygens (including phenoxy) is 1. The average Bonchev–Trinajstić information content (AvgIpc) is 3.16. The van der Waals surface area contributed by atoms with Crippen molar-refractivity contribution in [1.29, 1.82) is 0 Å². The van der Waals surface area contributed by atoms with E-state index in [2.05, 4.69) is 10.6 Å². The van der Waals surface area contributed by atoms with Crippen LogP contribution in [0.4, 0.5) is 4.79 Å². The van der Waals surface area contributed by atoms with Gasteiger partial charge in [0.1, 0.15) is 24.9 Å². The summed E-state index contributed by atoms with van der Waals surface area (Å²) < 4.78 is 5.38. The van der Waals surface area contributed by atoms with Crippen molar-refractivity contribution < 1.29 is 29.3 Å². The molecule has 8 heteroatoms. The second-order valence-corrected chi connectivity index (χ2v) is 8.01. The van der Waals surface area contributed by atoms with Crippen LogP contribution in [0.25, 0.3) is 11.1 Å². The molecule has 34 heavy (non-hydrogen) atoms. The maximum absolute atomic E-state index is 12.2. The van der Waals surface area contributed by atoms with E-state index in [1.807, 2.05) is 48.5 Å². The van der Waals surface area contributed by atoms with Crippen molar-refractivity contribution >= 4 is 18.0 Å². The van der Waals surface area contributed by atoms with E-state index in [-0.39, 0.29) is 24.7 Å². The largest absolute Gasteiger partial charge is 0.508 e. The number of fused-ring (bicyclic) bond motifs is 3. The summed E-state index contributed by atoms with van der Waals surface area (Å²) in [6.45, 7) is -0.309. The van der Waals surface area contributed by atoms with Gasteiger partial charge < -0.3 is 25.6 Å². The van der Waals surface area contributed by atoms with Gasteiger partial charge in [0.05, 0.1) is 0 Å². The number of phenols is 1. The Kier molecular flexibility index (Phi) is 6.77. The molecule has 0 radical (unpaired) electrons. The first-order chi connectivity index (χ1) is 16.4. The van der Waals surface area contributed by atoms with Crippen LogP contribution in [0.15, 0.2) is 72.8 Å². The molecule has 1 atom stereocenters. The Labute approximate surface area is 196 Å². The number of rotatable bonds is 8. The van der Waals surface area contributed by atoms with E-state index in [4.69, 9.17) is 4.74 Å². The predicted molar refractivity (Wildman–Crippen MR) is 124 cm³/mol. The molecule has 4 rings (SSSR count). The molecule has 3 aromatic carbocycles. The fourth-order valence-electron chi connectivity index (χ4n) is 4.12. The molecule has 0 bridgehead atoms. The summed E-state index contributed by atoms with van der Waals surface area (Å²) in [4.78, 5) is 35.9. The second kappa shape index (κ2) is 10.1. The van der Waals surface area contributed by atoms with Crippen molar-refractivity contribution in [3.05, 3.63) is 89.5 Å². The van der Waals surface area contributed by atoms with Gasteiger partial charge in [0.25, 0.3) is 0 Å². The number of alkyl carbamates (subject to hydrolysis) is 1. The molecule has 0 spiro atoms. The molecular weight excluding hydrogens is 436 g/mol. The van der Waals surface area contributed by atoms with Crippen LogP contribution >= 0.6 is 0 Å². The quantitative estimate of drug-likeness (QED) is 0.410. The van der Waals surface area contributed by atoms with Crippen molar-refractivity contribution in [2.24, 2.45) is 0 Å². The molecule has 8 nitrogen and oxygen atoms in total. The zero-order chi connectivity index (χ0) is 24.1. The van der Waals surface area contributed by atoms with Gasteiger partial charge in [-0.3, -0.25) is 4.79 Å². The number of amides is 2. The summed E-state index contributed by atoms with van der Waals surface area (Å²) in [7, 11) is 0. The Balaban J connectivity index is 1.29. The molecule has 0 aliphatic heterocycles. The van der Waals surface area contributed by atoms with Crippen LogP contribution < -0.4 is 10.6 Å². The summed E-state index contributed by atoms with van der Waals surface area (Å²) in [5.74, 6) is -1.90. The Morgan fingerprint density at radius 2 is 1.47 bits per heavy atom. The molecule has 4 N–H and O–H groups in total. The van der Waals surface area contributed by atoms with E-state index in [0.29, 0.717) is 5.56 Å². The van der Waals surface area contributed by atoms with Gasteiger partial charge in [-0.1, -0.05) is 60.7 Å². The third-order valence-electron chi connectivity index (χ3n) is 5.75. The Morgan fingerprint density at radius 3 is 2.06 bits per heavy atom. The van der Waals surface area contributed by atoms with Gasteiger partial charge in [-0.05, 0) is 39.9 Å². The number of carbonyl (C=O) groups is 3. The molecule has 0 fully saturated rings. The normalized spacial score (nSPS) is 12.8. The van der Waals surface area contributed by atoms with Crippen LogP contribution in [-0.2, 0) is 20.7 Å². The molecule has 174 valence electrons. The average molecular weight is 460 g/mol. The maximum Gasteiger partial charge on any atom is 0.407 e. The second-order valence-electron chi connectivity index (χ2n) is 8.01. The zero-order valence-electron chi connectivity index (χ0n) is 18.2. The lowest BCUT2D eigenvalue weighted by atomic mass is 9.98. The van der Waals surface area contributed by atoms with Crippen LogP contribution in [0.3, 0.4) is 0 Å². The summed E-state index contributed by atoms with van der Waals surface area (Å²) in [5, 5.41) is 23.5. The summed E-state index contributed by atoms with van der Waals surface area (Å²) in [6.07, 6.45) is -0.728. The lowest BCUT2D eigenvalue weighted by Gasteiger charge is -2.16. The molecule has 1 aliphatic carbocycles. The van der Waals surface area contributed by atoms with Crippen LogP contribution in [0, 0.1) is 0 Å². The Bertz CT molecular complexity index is 1160. The van der Waals surface area contributed by atoms with Gasteiger partial charge >= 0.3 is 12.1 Å². The molecule has 1 aliphatic rings. The topological polar surface area (TPSA) is 125 Å². The highest BCUT2D eigenvalue weighted by Crippen LogP contribution is 2.44. The van der Waals surface area contributed by atoms with E-state index in [1.165, 1.54) is 12.1 Å². The predicted octanol–water partition coefficient (Wildman–Crippen LogP) is 3.04. The van der Waals surface area contributed by atoms with Crippen LogP contribution in [0.5, 0.6) is 5.75 Å². The molecule has 0 aromatic heterocycles. The summed E-state index contributed by atoms with van der Waals surface area (Å²) in [6, 6.07) is 20.8. The SMILES string of the molecule is O=C(CNC(=O)OCC1c2ccccc2-c2ccccc21)N[C@@H](Cc1ccc(O)cc1)C(=O)O. The van der Waals surface area contributed by atoms with Crippen LogP contribution in [0.1, 0.15) is 22.6 Å². The minimum absolute atomic E-state index is 0.0340. The highest BCUT2D eigenvalue weighted by atomic mass is 16.5. The lowest BCUT2D eigenvalue weighted by molar-refractivity contribution is -0.141. The molecule has 0 unspecified atom stereocenters. The first-order valence-electron chi connectivity index (χ1n) is 10.8. The number of benzene rings is 3. The highest BCUT2D eigenvalue weighted by molar-refractivity contribution is 5.87. The van der Waals surface area contributed by atoms with E-state index < -0.39 is 30.6 Å². The zero-order valence-corrected chi connectivity index (χ0v) is 18.2. The van der Waals surface area contributed by atoms with E-state index in [9.17, 15) is 24.6 Å². The number of hydrogen-bond acceptors (Lipinski definition) is 5. The maximum atomic E-state index is 12.2. The van der Waals surface area contributed by atoms with Gasteiger partial charge in [-0.15, -0.1) is 0 Å². The van der Waals surface area contributed by atoms with Gasteiger partial charge in [-0.2, -0.15) is 0 Å². The van der Waals surface area contributed by atoms with Crippen LogP contribution in [-0.4, -0.2) is 47.4 Å². The number of nitrogens with one attached hydrogen (secondary N) is 2. The van der Waals surface area contributed by atoms with Gasteiger partial charge in [-0.25, -0.2) is 9.59 Å².